The summed E-state index contributed by atoms with van der Waals surface area (Å²) in [5.41, 5.74) is 0. The van der Waals surface area contributed by atoms with Crippen LogP contribution in [0.5, 0.6) is 0 Å². The van der Waals surface area contributed by atoms with E-state index in [-0.39, 0.29) is 0 Å². The third-order valence-corrected chi connectivity index (χ3v) is 1.26. The number of hydrogen-bond donors (Lipinski definition) is 1. The fraction of sp³-hybridized carbons (Fsp3) is 0.667. The first-order valence-corrected chi connectivity index (χ1v) is 2.99. The maximum atomic E-state index is 3.70. The van der Waals surface area contributed by atoms with Crippen molar-refractivity contribution in [3.63, 3.8) is 0 Å². The highest BCUT2D eigenvalue weighted by Gasteiger charge is 1.91. The van der Waals surface area contributed by atoms with Crippen molar-refractivity contribution in [1.82, 2.24) is 20.1 Å². The van der Waals surface area contributed by atoms with Crippen molar-refractivity contribution in [2.75, 3.05) is 7.05 Å². The molecule has 1 heterocycles. The summed E-state index contributed by atoms with van der Waals surface area (Å²) in [5.74, 6) is 0. The van der Waals surface area contributed by atoms with Crippen LogP contribution in [0.15, 0.2) is 0 Å². The lowest BCUT2D eigenvalue weighted by Crippen LogP contribution is -2.04. The van der Waals surface area contributed by atoms with E-state index in [1.165, 1.54) is 11.5 Å². The van der Waals surface area contributed by atoms with Crippen LogP contribution in [0.2, 0.25) is 0 Å². The van der Waals surface area contributed by atoms with Crippen molar-refractivity contribution in [2.45, 2.75) is 6.54 Å². The Morgan fingerprint density at radius 1 is 1.75 bits per heavy atom. The standard InChI is InChI=1S/C3H6N4S/c1-4-2-3-5-6-7-8-3/h4H,2H2,1H3. The number of aromatic nitrogens is 3. The van der Waals surface area contributed by atoms with Crippen LogP contribution in [0.1, 0.15) is 5.01 Å². The first kappa shape index (κ1) is 5.58. The predicted molar refractivity (Wildman–Crippen MR) is 30.5 cm³/mol. The molecule has 0 radical (unpaired) electrons. The molecule has 0 aliphatic heterocycles. The van der Waals surface area contributed by atoms with Gasteiger partial charge >= 0.3 is 0 Å². The Morgan fingerprint density at radius 2 is 2.62 bits per heavy atom. The molecular weight excluding hydrogens is 124 g/mol. The Hall–Kier alpha value is -0.550. The van der Waals surface area contributed by atoms with Crippen LogP contribution in [0, 0.1) is 0 Å². The van der Waals surface area contributed by atoms with Crippen LogP contribution in [-0.2, 0) is 6.54 Å². The van der Waals surface area contributed by atoms with Crippen molar-refractivity contribution in [3.8, 4) is 0 Å². The Bertz CT molecular complexity index is 137. The second-order valence-corrected chi connectivity index (χ2v) is 2.10. The molecule has 0 aromatic carbocycles. The molecule has 0 bridgehead atoms. The van der Waals surface area contributed by atoms with Crippen LogP contribution in [0.25, 0.3) is 0 Å². The minimum Gasteiger partial charge on any atom is -0.313 e. The third-order valence-electron chi connectivity index (χ3n) is 0.667. The van der Waals surface area contributed by atoms with Gasteiger partial charge in [0.15, 0.2) is 5.01 Å². The zero-order chi connectivity index (χ0) is 5.82. The summed E-state index contributed by atoms with van der Waals surface area (Å²) in [6.45, 7) is 0.762. The molecule has 0 amide bonds. The molecule has 44 valence electrons. The van der Waals surface area contributed by atoms with Crippen molar-refractivity contribution in [1.29, 1.82) is 0 Å². The average Bonchev–Trinajstić information content (AvgIpc) is 2.19. The normalized spacial score (nSPS) is 9.62. The molecule has 0 saturated carbocycles. The monoisotopic (exact) mass is 130 g/mol. The van der Waals surface area contributed by atoms with E-state index in [0.717, 1.165) is 11.6 Å². The molecule has 1 rings (SSSR count). The Kier molecular flexibility index (Phi) is 1.87. The van der Waals surface area contributed by atoms with Gasteiger partial charge in [-0.15, -0.1) is 5.10 Å². The van der Waals surface area contributed by atoms with Gasteiger partial charge in [-0.05, 0) is 12.3 Å². The lowest BCUT2D eigenvalue weighted by Gasteiger charge is -1.85. The zero-order valence-corrected chi connectivity index (χ0v) is 5.27. The maximum absolute atomic E-state index is 3.70. The van der Waals surface area contributed by atoms with Gasteiger partial charge in [-0.1, -0.05) is 4.49 Å². The quantitative estimate of drug-likeness (QED) is 0.594. The van der Waals surface area contributed by atoms with E-state index in [1.807, 2.05) is 7.05 Å². The van der Waals surface area contributed by atoms with E-state index < -0.39 is 0 Å². The van der Waals surface area contributed by atoms with Crippen molar-refractivity contribution in [3.05, 3.63) is 5.01 Å². The Labute approximate surface area is 51.1 Å². The SMILES string of the molecule is CNCc1nnns1. The fourth-order valence-corrected chi connectivity index (χ4v) is 0.820. The van der Waals surface area contributed by atoms with Gasteiger partial charge in [-0.3, -0.25) is 0 Å². The average molecular weight is 130 g/mol. The van der Waals surface area contributed by atoms with Crippen LogP contribution in [0.3, 0.4) is 0 Å². The maximum Gasteiger partial charge on any atom is 0.151 e. The number of rotatable bonds is 2. The first-order valence-electron chi connectivity index (χ1n) is 2.22. The van der Waals surface area contributed by atoms with E-state index in [9.17, 15) is 0 Å². The predicted octanol–water partition coefficient (Wildman–Crippen LogP) is -0.348. The number of nitrogens with zero attached hydrogens (tertiary/aromatic N) is 3. The summed E-state index contributed by atoms with van der Waals surface area (Å²) in [5, 5.41) is 11.0. The van der Waals surface area contributed by atoms with Crippen molar-refractivity contribution >= 4 is 11.5 Å². The van der Waals surface area contributed by atoms with Gasteiger partial charge < -0.3 is 5.32 Å². The van der Waals surface area contributed by atoms with E-state index in [0.29, 0.717) is 0 Å². The molecule has 1 aromatic heterocycles. The molecule has 0 spiro atoms. The summed E-state index contributed by atoms with van der Waals surface area (Å²) in [6, 6.07) is 0. The summed E-state index contributed by atoms with van der Waals surface area (Å²) >= 11 is 1.31. The molecule has 4 nitrogen and oxygen atoms in total. The molecule has 0 saturated heterocycles. The fourth-order valence-electron chi connectivity index (χ4n) is 0.371. The van der Waals surface area contributed by atoms with E-state index in [2.05, 4.69) is 20.1 Å². The third kappa shape index (κ3) is 1.21. The van der Waals surface area contributed by atoms with E-state index >= 15 is 0 Å². The topological polar surface area (TPSA) is 50.7 Å². The van der Waals surface area contributed by atoms with Crippen LogP contribution in [0.4, 0.5) is 0 Å². The first-order chi connectivity index (χ1) is 3.93. The summed E-state index contributed by atoms with van der Waals surface area (Å²) in [6.07, 6.45) is 0. The summed E-state index contributed by atoms with van der Waals surface area (Å²) < 4.78 is 3.58. The minimum atomic E-state index is 0.762. The van der Waals surface area contributed by atoms with Crippen LogP contribution in [-0.4, -0.2) is 21.8 Å². The van der Waals surface area contributed by atoms with Gasteiger partial charge in [0.25, 0.3) is 0 Å². The second kappa shape index (κ2) is 2.68. The molecule has 0 fully saturated rings. The van der Waals surface area contributed by atoms with E-state index in [1.54, 1.807) is 0 Å². The molecule has 0 atom stereocenters. The summed E-state index contributed by atoms with van der Waals surface area (Å²) in [4.78, 5) is 0. The molecular formula is C3H6N4S. The molecule has 1 N–H and O–H groups in total. The van der Waals surface area contributed by atoms with Crippen LogP contribution >= 0.6 is 11.5 Å². The number of nitrogens with one attached hydrogen (secondary N) is 1. The zero-order valence-electron chi connectivity index (χ0n) is 4.46. The van der Waals surface area contributed by atoms with Crippen molar-refractivity contribution in [2.24, 2.45) is 0 Å². The lowest BCUT2D eigenvalue weighted by molar-refractivity contribution is 0.786. The summed E-state index contributed by atoms with van der Waals surface area (Å²) in [7, 11) is 1.86. The molecule has 1 aromatic rings. The van der Waals surface area contributed by atoms with Gasteiger partial charge in [0.05, 0.1) is 6.54 Å². The van der Waals surface area contributed by atoms with Crippen molar-refractivity contribution < 1.29 is 0 Å². The largest absolute Gasteiger partial charge is 0.313 e. The minimum absolute atomic E-state index is 0.762. The Morgan fingerprint density at radius 3 is 3.12 bits per heavy atom. The van der Waals surface area contributed by atoms with Gasteiger partial charge in [0.2, 0.25) is 0 Å². The lowest BCUT2D eigenvalue weighted by atomic mass is 10.7. The highest BCUT2D eigenvalue weighted by atomic mass is 32.1. The highest BCUT2D eigenvalue weighted by molar-refractivity contribution is 7.05. The molecule has 5 heteroatoms. The molecule has 8 heavy (non-hydrogen) atoms. The number of hydrogen-bond acceptors (Lipinski definition) is 5. The van der Waals surface area contributed by atoms with Gasteiger partial charge in [-0.2, -0.15) is 0 Å². The Balaban J connectivity index is 2.50. The van der Waals surface area contributed by atoms with Crippen LogP contribution < -0.4 is 5.32 Å². The van der Waals surface area contributed by atoms with Gasteiger partial charge in [0, 0.05) is 11.5 Å². The second-order valence-electron chi connectivity index (χ2n) is 1.29. The molecule has 0 aliphatic rings. The van der Waals surface area contributed by atoms with Gasteiger partial charge in [0.1, 0.15) is 0 Å². The molecule has 0 aliphatic carbocycles. The smallest absolute Gasteiger partial charge is 0.151 e. The highest BCUT2D eigenvalue weighted by Crippen LogP contribution is 1.93. The molecule has 0 unspecified atom stereocenters. The van der Waals surface area contributed by atoms with Gasteiger partial charge in [-0.25, -0.2) is 0 Å². The van der Waals surface area contributed by atoms with E-state index in [4.69, 9.17) is 0 Å².